The molecule has 3 nitrogen and oxygen atoms in total. The van der Waals surface area contributed by atoms with Crippen LogP contribution in [0.5, 0.6) is 5.88 Å². The van der Waals surface area contributed by atoms with Crippen LogP contribution < -0.4 is 4.74 Å². The molecule has 17 heavy (non-hydrogen) atoms. The van der Waals surface area contributed by atoms with E-state index in [-0.39, 0.29) is 6.61 Å². The van der Waals surface area contributed by atoms with Crippen molar-refractivity contribution in [2.45, 2.75) is 27.2 Å². The van der Waals surface area contributed by atoms with Crippen molar-refractivity contribution in [1.82, 2.24) is 4.98 Å². The van der Waals surface area contributed by atoms with Crippen molar-refractivity contribution in [3.63, 3.8) is 0 Å². The molecule has 0 aromatic carbocycles. The van der Waals surface area contributed by atoms with E-state index < -0.39 is 0 Å². The molecule has 0 radical (unpaired) electrons. The van der Waals surface area contributed by atoms with Gasteiger partial charge in [-0.1, -0.05) is 31.5 Å². The fourth-order valence-corrected chi connectivity index (χ4v) is 1.35. The van der Waals surface area contributed by atoms with Crippen LogP contribution in [0.4, 0.5) is 0 Å². The first-order chi connectivity index (χ1) is 8.19. The molecule has 96 valence electrons. The van der Waals surface area contributed by atoms with Gasteiger partial charge in [-0.25, -0.2) is 4.98 Å². The van der Waals surface area contributed by atoms with Crippen LogP contribution in [0.15, 0.2) is 18.2 Å². The highest BCUT2D eigenvalue weighted by Crippen LogP contribution is 2.24. The highest BCUT2D eigenvalue weighted by Gasteiger charge is 2.04. The highest BCUT2D eigenvalue weighted by atomic mass is 35.5. The minimum Gasteiger partial charge on any atom is -0.480 e. The Balaban J connectivity index is 0.00000121. The number of nitrogens with zero attached hydrogens (tertiary/aromatic N) is 1. The summed E-state index contributed by atoms with van der Waals surface area (Å²) in [7, 11) is 1.53. The Morgan fingerprint density at radius 1 is 1.47 bits per heavy atom. The quantitative estimate of drug-likeness (QED) is 0.897. The average molecular weight is 258 g/mol. The summed E-state index contributed by atoms with van der Waals surface area (Å²) in [6, 6.07) is 3.58. The second kappa shape index (κ2) is 9.02. The molecule has 1 aromatic rings. The van der Waals surface area contributed by atoms with Crippen molar-refractivity contribution in [3.8, 4) is 5.88 Å². The van der Waals surface area contributed by atoms with Gasteiger partial charge in [0.05, 0.1) is 12.8 Å². The lowest BCUT2D eigenvalue weighted by Gasteiger charge is -2.05. The van der Waals surface area contributed by atoms with Gasteiger partial charge in [-0.05, 0) is 31.1 Å². The molecule has 0 amide bonds. The summed E-state index contributed by atoms with van der Waals surface area (Å²) in [5.41, 5.74) is 1.81. The number of halogens is 1. The van der Waals surface area contributed by atoms with Crippen molar-refractivity contribution in [2.24, 2.45) is 0 Å². The van der Waals surface area contributed by atoms with Crippen LogP contribution >= 0.6 is 11.6 Å². The van der Waals surface area contributed by atoms with E-state index in [1.807, 2.05) is 32.9 Å². The molecule has 0 aliphatic rings. The van der Waals surface area contributed by atoms with Crippen molar-refractivity contribution in [1.29, 1.82) is 0 Å². The molecule has 1 rings (SSSR count). The first-order valence-corrected chi connectivity index (χ1v) is 6.05. The summed E-state index contributed by atoms with van der Waals surface area (Å²) in [4.78, 5) is 4.24. The van der Waals surface area contributed by atoms with Crippen LogP contribution in [0.2, 0.25) is 5.02 Å². The molecule has 0 aliphatic carbocycles. The van der Waals surface area contributed by atoms with E-state index in [2.05, 4.69) is 4.98 Å². The van der Waals surface area contributed by atoms with E-state index >= 15 is 0 Å². The number of allylic oxidation sites excluding steroid dienone is 1. The van der Waals surface area contributed by atoms with Crippen molar-refractivity contribution in [3.05, 3.63) is 28.9 Å². The monoisotopic (exact) mass is 257 g/mol. The van der Waals surface area contributed by atoms with Gasteiger partial charge < -0.3 is 9.84 Å². The normalized spacial score (nSPS) is 10.6. The minimum absolute atomic E-state index is 0.141. The Morgan fingerprint density at radius 3 is 2.65 bits per heavy atom. The number of ether oxygens (including phenoxy) is 1. The summed E-state index contributed by atoms with van der Waals surface area (Å²) in [6.07, 6.45) is 2.55. The SMILES string of the molecule is CC.COc1nc(/C(C)=C/CCO)ccc1Cl. The van der Waals surface area contributed by atoms with Gasteiger partial charge in [-0.2, -0.15) is 0 Å². The molecule has 0 saturated carbocycles. The topological polar surface area (TPSA) is 42.4 Å². The number of aliphatic hydroxyl groups excluding tert-OH is 1. The summed E-state index contributed by atoms with van der Waals surface area (Å²) >= 11 is 5.86. The summed E-state index contributed by atoms with van der Waals surface area (Å²) in [5, 5.41) is 9.19. The Morgan fingerprint density at radius 2 is 2.12 bits per heavy atom. The lowest BCUT2D eigenvalue weighted by molar-refractivity contribution is 0.303. The van der Waals surface area contributed by atoms with Gasteiger partial charge in [0.25, 0.3) is 0 Å². The molecule has 0 atom stereocenters. The van der Waals surface area contributed by atoms with Crippen LogP contribution in [-0.2, 0) is 0 Å². The number of hydrogen-bond donors (Lipinski definition) is 1. The lowest BCUT2D eigenvalue weighted by Crippen LogP contribution is -1.93. The number of pyridine rings is 1. The van der Waals surface area contributed by atoms with Crippen LogP contribution in [0, 0.1) is 0 Å². The van der Waals surface area contributed by atoms with E-state index in [4.69, 9.17) is 21.4 Å². The Hall–Kier alpha value is -1.06. The predicted molar refractivity (Wildman–Crippen MR) is 72.5 cm³/mol. The van der Waals surface area contributed by atoms with E-state index in [1.54, 1.807) is 6.07 Å². The van der Waals surface area contributed by atoms with Gasteiger partial charge >= 0.3 is 0 Å². The molecule has 0 aliphatic heterocycles. The van der Waals surface area contributed by atoms with Crippen LogP contribution in [0.25, 0.3) is 5.57 Å². The van der Waals surface area contributed by atoms with Gasteiger partial charge in [-0.15, -0.1) is 0 Å². The zero-order chi connectivity index (χ0) is 13.3. The van der Waals surface area contributed by atoms with Gasteiger partial charge in [0.1, 0.15) is 5.02 Å². The zero-order valence-corrected chi connectivity index (χ0v) is 11.6. The summed E-state index contributed by atoms with van der Waals surface area (Å²) in [6.45, 7) is 6.08. The first-order valence-electron chi connectivity index (χ1n) is 5.67. The number of aliphatic hydroxyl groups is 1. The van der Waals surface area contributed by atoms with Gasteiger partial charge in [0, 0.05) is 6.61 Å². The molecule has 0 fully saturated rings. The number of methoxy groups -OCH3 is 1. The smallest absolute Gasteiger partial charge is 0.232 e. The van der Waals surface area contributed by atoms with E-state index in [9.17, 15) is 0 Å². The van der Waals surface area contributed by atoms with E-state index in [1.165, 1.54) is 7.11 Å². The largest absolute Gasteiger partial charge is 0.480 e. The Labute approximate surface area is 108 Å². The third-order valence-electron chi connectivity index (χ3n) is 1.99. The van der Waals surface area contributed by atoms with E-state index in [0.717, 1.165) is 11.3 Å². The minimum atomic E-state index is 0.141. The van der Waals surface area contributed by atoms with Crippen LogP contribution in [0.1, 0.15) is 32.9 Å². The number of aromatic nitrogens is 1. The third-order valence-corrected chi connectivity index (χ3v) is 2.28. The maximum atomic E-state index is 8.70. The van der Waals surface area contributed by atoms with Gasteiger partial charge in [0.2, 0.25) is 5.88 Å². The second-order valence-electron chi connectivity index (χ2n) is 3.09. The van der Waals surface area contributed by atoms with Crippen molar-refractivity contribution >= 4 is 17.2 Å². The van der Waals surface area contributed by atoms with Crippen LogP contribution in [-0.4, -0.2) is 23.8 Å². The molecular weight excluding hydrogens is 238 g/mol. The second-order valence-corrected chi connectivity index (χ2v) is 3.49. The molecule has 0 saturated heterocycles. The van der Waals surface area contributed by atoms with Crippen molar-refractivity contribution in [2.75, 3.05) is 13.7 Å². The number of hydrogen-bond acceptors (Lipinski definition) is 3. The standard InChI is InChI=1S/C11H14ClNO2.C2H6/c1-8(4-3-7-14)10-6-5-9(12)11(13-10)15-2;1-2/h4-6,14H,3,7H2,1-2H3;1-2H3/b8-4+;. The lowest BCUT2D eigenvalue weighted by atomic mass is 10.1. The zero-order valence-electron chi connectivity index (χ0n) is 10.8. The molecular formula is C13H20ClNO2. The Bertz CT molecular complexity index is 364. The fraction of sp³-hybridized carbons (Fsp3) is 0.462. The molecule has 4 heteroatoms. The van der Waals surface area contributed by atoms with Crippen LogP contribution in [0.3, 0.4) is 0 Å². The Kier molecular flexibility index (Phi) is 8.46. The van der Waals surface area contributed by atoms with Gasteiger partial charge in [0.15, 0.2) is 0 Å². The highest BCUT2D eigenvalue weighted by molar-refractivity contribution is 6.31. The first kappa shape index (κ1) is 15.9. The summed E-state index contributed by atoms with van der Waals surface area (Å²) < 4.78 is 5.02. The summed E-state index contributed by atoms with van der Waals surface area (Å²) in [5.74, 6) is 0.422. The predicted octanol–water partition coefficient (Wildman–Crippen LogP) is 3.56. The molecule has 1 aromatic heterocycles. The fourth-order valence-electron chi connectivity index (χ4n) is 1.17. The molecule has 0 bridgehead atoms. The average Bonchev–Trinajstić information content (AvgIpc) is 2.38. The number of rotatable bonds is 4. The molecule has 0 unspecified atom stereocenters. The molecule has 1 heterocycles. The molecule has 0 spiro atoms. The third kappa shape index (κ3) is 5.20. The maximum absolute atomic E-state index is 8.70. The van der Waals surface area contributed by atoms with Gasteiger partial charge in [-0.3, -0.25) is 0 Å². The van der Waals surface area contributed by atoms with Crippen molar-refractivity contribution < 1.29 is 9.84 Å². The van der Waals surface area contributed by atoms with E-state index in [0.29, 0.717) is 17.3 Å². The molecule has 1 N–H and O–H groups in total. The maximum Gasteiger partial charge on any atom is 0.232 e.